The summed E-state index contributed by atoms with van der Waals surface area (Å²) in [5.41, 5.74) is 5.22. The number of hydrogen-bond acceptors (Lipinski definition) is 3. The quantitative estimate of drug-likeness (QED) is 0.407. The summed E-state index contributed by atoms with van der Waals surface area (Å²) in [6, 6.07) is 15.4. The molecule has 0 unspecified atom stereocenters. The summed E-state index contributed by atoms with van der Waals surface area (Å²) in [4.78, 5) is 27.1. The molecule has 206 valence electrons. The van der Waals surface area contributed by atoms with E-state index >= 15 is 0 Å². The van der Waals surface area contributed by atoms with Crippen LogP contribution in [0.1, 0.15) is 80.6 Å². The molecule has 0 heterocycles. The molecular formula is C35H36ClNO3. The van der Waals surface area contributed by atoms with Gasteiger partial charge in [-0.25, -0.2) is 0 Å². The number of rotatable bonds is 3. The van der Waals surface area contributed by atoms with Crippen LogP contribution in [0.4, 0.5) is 5.69 Å². The lowest BCUT2D eigenvalue weighted by Crippen LogP contribution is -2.51. The third-order valence-corrected chi connectivity index (χ3v) is 10.6. The summed E-state index contributed by atoms with van der Waals surface area (Å²) < 4.78 is 0. The van der Waals surface area contributed by atoms with Gasteiger partial charge in [0.2, 0.25) is 0 Å². The Balaban J connectivity index is 1.40. The Morgan fingerprint density at radius 3 is 2.55 bits per heavy atom. The van der Waals surface area contributed by atoms with Gasteiger partial charge in [-0.15, -0.1) is 5.92 Å². The lowest BCUT2D eigenvalue weighted by molar-refractivity contribution is -0.114. The molecule has 5 heteroatoms. The molecule has 0 saturated heterocycles. The summed E-state index contributed by atoms with van der Waals surface area (Å²) in [6.07, 6.45) is 7.70. The second-order valence-corrected chi connectivity index (χ2v) is 12.6. The number of carbonyl (C=O) groups is 2. The van der Waals surface area contributed by atoms with Crippen LogP contribution >= 0.6 is 11.6 Å². The Morgan fingerprint density at radius 2 is 1.82 bits per heavy atom. The van der Waals surface area contributed by atoms with Crippen molar-refractivity contribution in [2.45, 2.75) is 70.3 Å². The van der Waals surface area contributed by atoms with Gasteiger partial charge in [0.15, 0.2) is 5.78 Å². The Labute approximate surface area is 242 Å². The minimum atomic E-state index is -0.999. The number of nitrogens with zero attached hydrogens (tertiary/aromatic N) is 1. The van der Waals surface area contributed by atoms with E-state index in [0.29, 0.717) is 35.3 Å². The molecule has 2 aromatic carbocycles. The van der Waals surface area contributed by atoms with Gasteiger partial charge in [-0.05, 0) is 104 Å². The maximum absolute atomic E-state index is 13.2. The fraction of sp³-hybridized carbons (Fsp3) is 0.429. The van der Waals surface area contributed by atoms with Gasteiger partial charge in [0, 0.05) is 30.5 Å². The smallest absolute Gasteiger partial charge is 0.259 e. The standard InChI is InChI=1S/C35H36ClNO3/c1-4-18-35(40)19-17-30-27-15-11-23-20-25(38)14-16-26(23)32(27)29(21-34(30,35)2)22-9-12-24(13-10-22)37(3)33(39)28-7-5-6-8-31(28)36/h5-10,12-13,20,27,29-30,40H,11,14-17,19,21H2,1-3H3/t27-,29+,30-,34-,35-/m0/s1. The maximum Gasteiger partial charge on any atom is 0.259 e. The molecule has 4 nitrogen and oxygen atoms in total. The van der Waals surface area contributed by atoms with Gasteiger partial charge in [0.25, 0.3) is 5.91 Å². The van der Waals surface area contributed by atoms with Crippen molar-refractivity contribution in [2.75, 3.05) is 11.9 Å². The van der Waals surface area contributed by atoms with Crippen LogP contribution in [0.3, 0.4) is 0 Å². The molecule has 0 spiro atoms. The van der Waals surface area contributed by atoms with Crippen LogP contribution < -0.4 is 4.90 Å². The highest BCUT2D eigenvalue weighted by molar-refractivity contribution is 6.34. The van der Waals surface area contributed by atoms with Crippen molar-refractivity contribution in [3.63, 3.8) is 0 Å². The van der Waals surface area contributed by atoms with E-state index in [1.54, 1.807) is 24.1 Å². The zero-order valence-corrected chi connectivity index (χ0v) is 24.2. The normalized spacial score (nSPS) is 30.9. The molecule has 0 aliphatic heterocycles. The highest BCUT2D eigenvalue weighted by atomic mass is 35.5. The first kappa shape index (κ1) is 27.1. The highest BCUT2D eigenvalue weighted by Crippen LogP contribution is 2.66. The van der Waals surface area contributed by atoms with Crippen LogP contribution in [0.15, 0.2) is 71.3 Å². The average Bonchev–Trinajstić information content (AvgIpc) is 3.21. The first-order valence-corrected chi connectivity index (χ1v) is 14.8. The van der Waals surface area contributed by atoms with Crippen LogP contribution in [-0.2, 0) is 4.79 Å². The van der Waals surface area contributed by atoms with E-state index in [9.17, 15) is 14.7 Å². The van der Waals surface area contributed by atoms with Gasteiger partial charge in [-0.1, -0.05) is 54.3 Å². The van der Waals surface area contributed by atoms with E-state index in [4.69, 9.17) is 11.6 Å². The first-order valence-electron chi connectivity index (χ1n) is 14.4. The van der Waals surface area contributed by atoms with Crippen molar-refractivity contribution < 1.29 is 14.7 Å². The number of hydrogen-bond donors (Lipinski definition) is 1. The molecule has 6 rings (SSSR count). The number of ketones is 1. The van der Waals surface area contributed by atoms with E-state index in [1.165, 1.54) is 22.3 Å². The zero-order chi connectivity index (χ0) is 28.2. The molecule has 1 amide bonds. The second kappa shape index (κ2) is 10.1. The minimum absolute atomic E-state index is 0.125. The highest BCUT2D eigenvalue weighted by Gasteiger charge is 2.62. The number of amides is 1. The van der Waals surface area contributed by atoms with Crippen LogP contribution in [-0.4, -0.2) is 29.4 Å². The molecule has 0 aromatic heterocycles. The van der Waals surface area contributed by atoms with Crippen molar-refractivity contribution in [2.24, 2.45) is 17.3 Å². The number of fused-ring (bicyclic) bond motifs is 4. The number of halogens is 1. The number of benzene rings is 2. The third kappa shape index (κ3) is 4.18. The van der Waals surface area contributed by atoms with Crippen molar-refractivity contribution in [1.29, 1.82) is 0 Å². The van der Waals surface area contributed by atoms with Gasteiger partial charge >= 0.3 is 0 Å². The molecule has 0 bridgehead atoms. The molecule has 5 atom stereocenters. The van der Waals surface area contributed by atoms with Gasteiger partial charge in [0.05, 0.1) is 10.6 Å². The summed E-state index contributed by atoms with van der Waals surface area (Å²) in [6.45, 7) is 4.07. The van der Waals surface area contributed by atoms with Crippen molar-refractivity contribution in [3.8, 4) is 11.8 Å². The molecule has 1 N–H and O–H groups in total. The predicted octanol–water partition coefficient (Wildman–Crippen LogP) is 7.27. The maximum atomic E-state index is 13.2. The first-order chi connectivity index (χ1) is 19.2. The molecule has 4 aliphatic rings. The summed E-state index contributed by atoms with van der Waals surface area (Å²) in [5, 5.41) is 12.3. The lowest BCUT2D eigenvalue weighted by atomic mass is 9.51. The third-order valence-electron chi connectivity index (χ3n) is 10.3. The molecular weight excluding hydrogens is 518 g/mol. The Hall–Kier alpha value is -3.13. The average molecular weight is 554 g/mol. The zero-order valence-electron chi connectivity index (χ0n) is 23.5. The van der Waals surface area contributed by atoms with Gasteiger partial charge < -0.3 is 10.0 Å². The largest absolute Gasteiger partial charge is 0.377 e. The predicted molar refractivity (Wildman–Crippen MR) is 159 cm³/mol. The number of anilines is 1. The Morgan fingerprint density at radius 1 is 1.07 bits per heavy atom. The summed E-state index contributed by atoms with van der Waals surface area (Å²) in [7, 11) is 1.77. The van der Waals surface area contributed by atoms with Gasteiger partial charge in [-0.2, -0.15) is 0 Å². The second-order valence-electron chi connectivity index (χ2n) is 12.2. The van der Waals surface area contributed by atoms with Crippen molar-refractivity contribution >= 4 is 29.0 Å². The summed E-state index contributed by atoms with van der Waals surface area (Å²) >= 11 is 6.30. The Bertz CT molecular complexity index is 1510. The minimum Gasteiger partial charge on any atom is -0.377 e. The Kier molecular flexibility index (Phi) is 6.80. The number of aliphatic hydroxyl groups is 1. The van der Waals surface area contributed by atoms with E-state index in [1.807, 2.05) is 37.3 Å². The van der Waals surface area contributed by atoms with Crippen molar-refractivity contribution in [3.05, 3.63) is 87.5 Å². The fourth-order valence-corrected chi connectivity index (χ4v) is 8.46. The van der Waals surface area contributed by atoms with Crippen LogP contribution in [0.5, 0.6) is 0 Å². The SMILES string of the molecule is CC#C[C@]1(O)CC[C@H]2[C@@H]3CCC4=CC(=O)CCC4=C3[C@@H](c3ccc(N(C)C(=O)c4ccccc4Cl)cc3)C[C@@]21C. The molecule has 2 saturated carbocycles. The van der Waals surface area contributed by atoms with Crippen LogP contribution in [0, 0.1) is 29.1 Å². The molecule has 4 aliphatic carbocycles. The van der Waals surface area contributed by atoms with Gasteiger partial charge in [0.1, 0.15) is 5.60 Å². The van der Waals surface area contributed by atoms with Crippen LogP contribution in [0.25, 0.3) is 0 Å². The topological polar surface area (TPSA) is 57.6 Å². The molecule has 0 radical (unpaired) electrons. The molecule has 2 fully saturated rings. The van der Waals surface area contributed by atoms with E-state index in [0.717, 1.165) is 37.8 Å². The number of carbonyl (C=O) groups excluding carboxylic acids is 2. The molecule has 2 aromatic rings. The number of allylic oxidation sites excluding steroid dienone is 4. The van der Waals surface area contributed by atoms with E-state index < -0.39 is 5.60 Å². The molecule has 40 heavy (non-hydrogen) atoms. The van der Waals surface area contributed by atoms with Crippen molar-refractivity contribution in [1.82, 2.24) is 0 Å². The summed E-state index contributed by atoms with van der Waals surface area (Å²) in [5.74, 6) is 7.21. The van der Waals surface area contributed by atoms with Gasteiger partial charge in [-0.3, -0.25) is 9.59 Å². The lowest BCUT2D eigenvalue weighted by Gasteiger charge is -2.53. The van der Waals surface area contributed by atoms with E-state index in [2.05, 4.69) is 30.9 Å². The monoisotopic (exact) mass is 553 g/mol. The van der Waals surface area contributed by atoms with E-state index in [-0.39, 0.29) is 23.0 Å². The fourth-order valence-electron chi connectivity index (χ4n) is 8.24. The van der Waals surface area contributed by atoms with Crippen LogP contribution in [0.2, 0.25) is 5.02 Å².